The van der Waals surface area contributed by atoms with Crippen LogP contribution in [0.15, 0.2) is 4.79 Å². The van der Waals surface area contributed by atoms with Gasteiger partial charge in [-0.3, -0.25) is 4.79 Å². The normalized spacial score (nSPS) is 11.1. The summed E-state index contributed by atoms with van der Waals surface area (Å²) in [7, 11) is 1.60. The maximum atomic E-state index is 11.7. The second-order valence-corrected chi connectivity index (χ2v) is 6.22. The minimum atomic E-state index is -0.0761. The molecule has 0 bridgehead atoms. The number of aromatic nitrogens is 2. The van der Waals surface area contributed by atoms with Crippen LogP contribution in [0.5, 0.6) is 0 Å². The summed E-state index contributed by atoms with van der Waals surface area (Å²) in [6.07, 6.45) is 0. The molecule has 0 aliphatic heterocycles. The van der Waals surface area contributed by atoms with Gasteiger partial charge in [0, 0.05) is 7.11 Å². The number of hydrogen-bond acceptors (Lipinski definition) is 4. The first-order valence-electron chi connectivity index (χ1n) is 5.38. The summed E-state index contributed by atoms with van der Waals surface area (Å²) in [5, 5.41) is 0. The standard InChI is InChI=1S/C11H17IN2O2S/c1-7(2)5-17-6-9-13-8(4-16-3)10(12)11(15)14-9/h7H,4-6H2,1-3H3,(H,13,14,15). The SMILES string of the molecule is COCc1nc(CSCC(C)C)[nH]c(=O)c1I. The van der Waals surface area contributed by atoms with Crippen LogP contribution in [0.1, 0.15) is 25.4 Å². The molecule has 0 amide bonds. The van der Waals surface area contributed by atoms with E-state index in [1.54, 1.807) is 18.9 Å². The Morgan fingerprint density at radius 3 is 2.82 bits per heavy atom. The zero-order valence-corrected chi connectivity index (χ0v) is 13.2. The molecule has 0 atom stereocenters. The third kappa shape index (κ3) is 4.97. The van der Waals surface area contributed by atoms with E-state index in [0.29, 0.717) is 16.1 Å². The first-order chi connectivity index (χ1) is 8.04. The van der Waals surface area contributed by atoms with Crippen LogP contribution in [-0.4, -0.2) is 22.8 Å². The number of methoxy groups -OCH3 is 1. The topological polar surface area (TPSA) is 55.0 Å². The Morgan fingerprint density at radius 1 is 1.53 bits per heavy atom. The molecule has 1 aromatic rings. The fraction of sp³-hybridized carbons (Fsp3) is 0.636. The van der Waals surface area contributed by atoms with Crippen LogP contribution >= 0.6 is 34.4 Å². The molecule has 0 aliphatic carbocycles. The summed E-state index contributed by atoms with van der Waals surface area (Å²) in [6.45, 7) is 4.73. The van der Waals surface area contributed by atoms with Gasteiger partial charge in [0.15, 0.2) is 0 Å². The molecule has 0 saturated carbocycles. The maximum Gasteiger partial charge on any atom is 0.264 e. The van der Waals surface area contributed by atoms with Crippen molar-refractivity contribution in [1.29, 1.82) is 0 Å². The van der Waals surface area contributed by atoms with Crippen molar-refractivity contribution < 1.29 is 4.74 Å². The van der Waals surface area contributed by atoms with Gasteiger partial charge in [0.25, 0.3) is 5.56 Å². The van der Waals surface area contributed by atoms with Crippen molar-refractivity contribution in [2.45, 2.75) is 26.2 Å². The first-order valence-corrected chi connectivity index (χ1v) is 7.62. The van der Waals surface area contributed by atoms with Gasteiger partial charge in [-0.25, -0.2) is 4.98 Å². The fourth-order valence-electron chi connectivity index (χ4n) is 1.25. The molecule has 17 heavy (non-hydrogen) atoms. The van der Waals surface area contributed by atoms with Crippen molar-refractivity contribution in [1.82, 2.24) is 9.97 Å². The molecule has 4 nitrogen and oxygen atoms in total. The van der Waals surface area contributed by atoms with Gasteiger partial charge in [0.05, 0.1) is 18.1 Å². The van der Waals surface area contributed by atoms with E-state index in [9.17, 15) is 4.79 Å². The highest BCUT2D eigenvalue weighted by molar-refractivity contribution is 14.1. The summed E-state index contributed by atoms with van der Waals surface area (Å²) >= 11 is 3.78. The van der Waals surface area contributed by atoms with Crippen LogP contribution in [0, 0.1) is 9.49 Å². The molecule has 0 aromatic carbocycles. The van der Waals surface area contributed by atoms with Crippen LogP contribution in [0.25, 0.3) is 0 Å². The van der Waals surface area contributed by atoms with Gasteiger partial charge in [-0.15, -0.1) is 0 Å². The van der Waals surface area contributed by atoms with E-state index in [2.05, 4.69) is 23.8 Å². The lowest BCUT2D eigenvalue weighted by atomic mass is 10.3. The Morgan fingerprint density at radius 2 is 2.24 bits per heavy atom. The summed E-state index contributed by atoms with van der Waals surface area (Å²) in [5.74, 6) is 3.18. The van der Waals surface area contributed by atoms with Gasteiger partial charge in [-0.05, 0) is 34.3 Å². The quantitative estimate of drug-likeness (QED) is 0.784. The number of nitrogens with zero attached hydrogens (tertiary/aromatic N) is 1. The average molecular weight is 368 g/mol. The molecular formula is C11H17IN2O2S. The van der Waals surface area contributed by atoms with E-state index in [1.165, 1.54) is 0 Å². The molecule has 0 unspecified atom stereocenters. The van der Waals surface area contributed by atoms with Crippen molar-refractivity contribution in [3.05, 3.63) is 25.4 Å². The van der Waals surface area contributed by atoms with Gasteiger partial charge < -0.3 is 9.72 Å². The molecule has 0 fully saturated rings. The lowest BCUT2D eigenvalue weighted by molar-refractivity contribution is 0.180. The van der Waals surface area contributed by atoms with E-state index >= 15 is 0 Å². The first kappa shape index (κ1) is 15.0. The van der Waals surface area contributed by atoms with Crippen LogP contribution in [0.2, 0.25) is 0 Å². The monoisotopic (exact) mass is 368 g/mol. The Balaban J connectivity index is 2.76. The summed E-state index contributed by atoms with van der Waals surface area (Å²) < 4.78 is 5.65. The smallest absolute Gasteiger partial charge is 0.264 e. The van der Waals surface area contributed by atoms with E-state index in [-0.39, 0.29) is 5.56 Å². The molecule has 0 aliphatic rings. The van der Waals surface area contributed by atoms with Crippen molar-refractivity contribution in [2.75, 3.05) is 12.9 Å². The lowest BCUT2D eigenvalue weighted by Crippen LogP contribution is -2.18. The highest BCUT2D eigenvalue weighted by atomic mass is 127. The van der Waals surface area contributed by atoms with Gasteiger partial charge in [0.1, 0.15) is 9.39 Å². The number of thioether (sulfide) groups is 1. The summed E-state index contributed by atoms with van der Waals surface area (Å²) in [5.41, 5.74) is 0.643. The number of hydrogen-bond donors (Lipinski definition) is 1. The molecule has 1 N–H and O–H groups in total. The van der Waals surface area contributed by atoms with Gasteiger partial charge in [-0.1, -0.05) is 13.8 Å². The molecule has 1 heterocycles. The highest BCUT2D eigenvalue weighted by Crippen LogP contribution is 2.13. The van der Waals surface area contributed by atoms with E-state index in [1.807, 2.05) is 22.6 Å². The molecule has 1 aromatic heterocycles. The van der Waals surface area contributed by atoms with E-state index in [4.69, 9.17) is 4.74 Å². The third-order valence-electron chi connectivity index (χ3n) is 1.95. The second kappa shape index (κ2) is 7.38. The average Bonchev–Trinajstić information content (AvgIpc) is 2.25. The molecule has 6 heteroatoms. The van der Waals surface area contributed by atoms with Gasteiger partial charge in [0.2, 0.25) is 0 Å². The Hall–Kier alpha value is -0.0800. The predicted molar refractivity (Wildman–Crippen MR) is 79.3 cm³/mol. The number of halogens is 1. The third-order valence-corrected chi connectivity index (χ3v) is 4.44. The maximum absolute atomic E-state index is 11.7. The Bertz CT molecular complexity index is 420. The number of rotatable bonds is 6. The van der Waals surface area contributed by atoms with Crippen LogP contribution in [0.4, 0.5) is 0 Å². The van der Waals surface area contributed by atoms with Crippen molar-refractivity contribution in [3.8, 4) is 0 Å². The summed E-state index contributed by atoms with van der Waals surface area (Å²) in [6, 6.07) is 0. The zero-order chi connectivity index (χ0) is 12.8. The minimum Gasteiger partial charge on any atom is -0.378 e. The second-order valence-electron chi connectivity index (χ2n) is 4.12. The van der Waals surface area contributed by atoms with Gasteiger partial charge >= 0.3 is 0 Å². The molecule has 0 spiro atoms. The molecular weight excluding hydrogens is 351 g/mol. The minimum absolute atomic E-state index is 0.0761. The molecule has 0 saturated heterocycles. The zero-order valence-electron chi connectivity index (χ0n) is 10.2. The number of aromatic amines is 1. The van der Waals surface area contributed by atoms with Crippen molar-refractivity contribution >= 4 is 34.4 Å². The predicted octanol–water partition coefficient (Wildman–Crippen LogP) is 2.41. The highest BCUT2D eigenvalue weighted by Gasteiger charge is 2.08. The number of ether oxygens (including phenoxy) is 1. The fourth-order valence-corrected chi connectivity index (χ4v) is 2.58. The van der Waals surface area contributed by atoms with E-state index < -0.39 is 0 Å². The number of nitrogens with one attached hydrogen (secondary N) is 1. The lowest BCUT2D eigenvalue weighted by Gasteiger charge is -2.07. The Labute approximate surface area is 119 Å². The summed E-state index contributed by atoms with van der Waals surface area (Å²) in [4.78, 5) is 18.9. The van der Waals surface area contributed by atoms with Crippen molar-refractivity contribution in [3.63, 3.8) is 0 Å². The van der Waals surface area contributed by atoms with Crippen LogP contribution in [-0.2, 0) is 17.1 Å². The number of H-pyrrole nitrogens is 1. The molecule has 96 valence electrons. The van der Waals surface area contributed by atoms with E-state index in [0.717, 1.165) is 23.0 Å². The Kier molecular flexibility index (Phi) is 6.50. The molecule has 0 radical (unpaired) electrons. The van der Waals surface area contributed by atoms with Gasteiger partial charge in [-0.2, -0.15) is 11.8 Å². The van der Waals surface area contributed by atoms with Crippen LogP contribution in [0.3, 0.4) is 0 Å². The molecule has 1 rings (SSSR count). The van der Waals surface area contributed by atoms with Crippen molar-refractivity contribution in [2.24, 2.45) is 5.92 Å². The largest absolute Gasteiger partial charge is 0.378 e. The van der Waals surface area contributed by atoms with Crippen LogP contribution < -0.4 is 5.56 Å².